The zero-order valence-electron chi connectivity index (χ0n) is 16.2. The van der Waals surface area contributed by atoms with Crippen LogP contribution in [0.4, 0.5) is 0 Å². The van der Waals surface area contributed by atoms with E-state index in [1.807, 2.05) is 48.5 Å². The number of fused-ring (bicyclic) bond motifs is 1. The predicted molar refractivity (Wildman–Crippen MR) is 106 cm³/mol. The Morgan fingerprint density at radius 2 is 1.54 bits per heavy atom. The van der Waals surface area contributed by atoms with E-state index in [0.29, 0.717) is 17.0 Å². The van der Waals surface area contributed by atoms with Crippen molar-refractivity contribution in [3.8, 4) is 17.0 Å². The Labute approximate surface area is 163 Å². The van der Waals surface area contributed by atoms with Crippen LogP contribution in [0.5, 0.6) is 5.75 Å². The molecule has 0 atom stereocenters. The molecule has 2 aromatic carbocycles. The number of H-pyrrole nitrogens is 1. The van der Waals surface area contributed by atoms with E-state index in [0.717, 1.165) is 16.5 Å². The van der Waals surface area contributed by atoms with Crippen LogP contribution in [0.3, 0.4) is 0 Å². The van der Waals surface area contributed by atoms with Gasteiger partial charge in [0, 0.05) is 16.5 Å². The molecule has 28 heavy (non-hydrogen) atoms. The summed E-state index contributed by atoms with van der Waals surface area (Å²) < 4.78 is 15.6. The number of nitrogens with one attached hydrogen (secondary N) is 1. The molecular formula is C22H23NO5. The van der Waals surface area contributed by atoms with Gasteiger partial charge in [0.25, 0.3) is 0 Å². The smallest absolute Gasteiger partial charge is 0.324 e. The molecule has 1 N–H and O–H groups in total. The molecule has 0 amide bonds. The lowest BCUT2D eigenvalue weighted by molar-refractivity contribution is -0.156. The molecule has 0 aliphatic carbocycles. The summed E-state index contributed by atoms with van der Waals surface area (Å²) in [5.74, 6) is -1.71. The van der Waals surface area contributed by atoms with Crippen molar-refractivity contribution in [2.24, 2.45) is 0 Å². The predicted octanol–water partition coefficient (Wildman–Crippen LogP) is 4.05. The summed E-state index contributed by atoms with van der Waals surface area (Å²) in [4.78, 5) is 28.8. The zero-order chi connectivity index (χ0) is 20.1. The first-order valence-electron chi connectivity index (χ1n) is 9.19. The number of para-hydroxylation sites is 1. The van der Waals surface area contributed by atoms with Gasteiger partial charge >= 0.3 is 11.9 Å². The Kier molecular flexibility index (Phi) is 5.99. The van der Waals surface area contributed by atoms with Crippen LogP contribution in [-0.4, -0.2) is 37.2 Å². The van der Waals surface area contributed by atoms with Crippen LogP contribution in [0.15, 0.2) is 48.5 Å². The van der Waals surface area contributed by atoms with Gasteiger partial charge in [0.1, 0.15) is 5.75 Å². The standard InChI is InChI=1S/C22H23NO5/c1-4-27-21(24)19(22(25)28-5-2)18-16-8-6-7-9-17(16)23-20(18)14-10-12-15(26-3)13-11-14/h6-13,19,23H,4-5H2,1-3H3. The van der Waals surface area contributed by atoms with Crippen molar-refractivity contribution in [1.29, 1.82) is 0 Å². The van der Waals surface area contributed by atoms with E-state index in [1.165, 1.54) is 0 Å². The molecule has 0 aliphatic heterocycles. The van der Waals surface area contributed by atoms with Crippen LogP contribution in [0.2, 0.25) is 0 Å². The summed E-state index contributed by atoms with van der Waals surface area (Å²) in [6.07, 6.45) is 0. The largest absolute Gasteiger partial charge is 0.497 e. The Hall–Kier alpha value is -3.28. The number of hydrogen-bond donors (Lipinski definition) is 1. The molecule has 0 bridgehead atoms. The molecule has 0 radical (unpaired) electrons. The van der Waals surface area contributed by atoms with Crippen LogP contribution in [0, 0.1) is 0 Å². The summed E-state index contributed by atoms with van der Waals surface area (Å²) in [6, 6.07) is 14.9. The Balaban J connectivity index is 2.23. The second-order valence-electron chi connectivity index (χ2n) is 6.12. The van der Waals surface area contributed by atoms with E-state index in [4.69, 9.17) is 14.2 Å². The highest BCUT2D eigenvalue weighted by Crippen LogP contribution is 2.37. The molecule has 0 fully saturated rings. The quantitative estimate of drug-likeness (QED) is 0.493. The summed E-state index contributed by atoms with van der Waals surface area (Å²) >= 11 is 0. The summed E-state index contributed by atoms with van der Waals surface area (Å²) in [5.41, 5.74) is 2.88. The van der Waals surface area contributed by atoms with Crippen LogP contribution < -0.4 is 4.74 Å². The minimum Gasteiger partial charge on any atom is -0.497 e. The second-order valence-corrected chi connectivity index (χ2v) is 6.12. The SMILES string of the molecule is CCOC(=O)C(C(=O)OCC)c1c(-c2ccc(OC)cc2)[nH]c2ccccc12. The normalized spacial score (nSPS) is 10.9. The molecule has 0 spiro atoms. The Morgan fingerprint density at radius 1 is 0.929 bits per heavy atom. The van der Waals surface area contributed by atoms with Crippen molar-refractivity contribution in [2.75, 3.05) is 20.3 Å². The van der Waals surface area contributed by atoms with Gasteiger partial charge in [-0.25, -0.2) is 0 Å². The van der Waals surface area contributed by atoms with E-state index in [1.54, 1.807) is 21.0 Å². The molecular weight excluding hydrogens is 358 g/mol. The van der Waals surface area contributed by atoms with E-state index >= 15 is 0 Å². The number of rotatable bonds is 7. The van der Waals surface area contributed by atoms with Gasteiger partial charge < -0.3 is 19.2 Å². The number of ether oxygens (including phenoxy) is 3. The zero-order valence-corrected chi connectivity index (χ0v) is 16.2. The van der Waals surface area contributed by atoms with Crippen LogP contribution in [0.1, 0.15) is 25.3 Å². The van der Waals surface area contributed by atoms with Crippen molar-refractivity contribution < 1.29 is 23.8 Å². The van der Waals surface area contributed by atoms with Crippen LogP contribution in [-0.2, 0) is 19.1 Å². The molecule has 0 saturated carbocycles. The molecule has 3 rings (SSSR count). The second kappa shape index (κ2) is 8.61. The Morgan fingerprint density at radius 3 is 2.11 bits per heavy atom. The maximum atomic E-state index is 12.7. The third-order valence-corrected chi connectivity index (χ3v) is 4.46. The molecule has 3 aromatic rings. The van der Waals surface area contributed by atoms with Gasteiger partial charge in [-0.15, -0.1) is 0 Å². The van der Waals surface area contributed by atoms with Gasteiger partial charge in [-0.3, -0.25) is 9.59 Å². The monoisotopic (exact) mass is 381 g/mol. The topological polar surface area (TPSA) is 77.6 Å². The summed E-state index contributed by atoms with van der Waals surface area (Å²) in [6.45, 7) is 3.77. The molecule has 0 aliphatic rings. The third-order valence-electron chi connectivity index (χ3n) is 4.46. The van der Waals surface area contributed by atoms with E-state index in [-0.39, 0.29) is 13.2 Å². The number of aromatic amines is 1. The number of carbonyl (C=O) groups excluding carboxylic acids is 2. The molecule has 1 heterocycles. The number of methoxy groups -OCH3 is 1. The van der Waals surface area contributed by atoms with Gasteiger partial charge in [0.2, 0.25) is 0 Å². The number of benzene rings is 2. The lowest BCUT2D eigenvalue weighted by Gasteiger charge is -2.16. The lowest BCUT2D eigenvalue weighted by Crippen LogP contribution is -2.26. The van der Waals surface area contributed by atoms with Crippen molar-refractivity contribution in [3.05, 3.63) is 54.1 Å². The van der Waals surface area contributed by atoms with Crippen molar-refractivity contribution in [1.82, 2.24) is 4.98 Å². The lowest BCUT2D eigenvalue weighted by atomic mass is 9.93. The van der Waals surface area contributed by atoms with Gasteiger partial charge in [0.05, 0.1) is 26.0 Å². The highest BCUT2D eigenvalue weighted by atomic mass is 16.6. The number of aromatic nitrogens is 1. The van der Waals surface area contributed by atoms with Gasteiger partial charge in [0.15, 0.2) is 5.92 Å². The van der Waals surface area contributed by atoms with Crippen LogP contribution in [0.25, 0.3) is 22.2 Å². The molecule has 146 valence electrons. The number of hydrogen-bond acceptors (Lipinski definition) is 5. The first-order chi connectivity index (χ1) is 13.6. The van der Waals surface area contributed by atoms with Gasteiger partial charge in [-0.05, 0) is 49.7 Å². The minimum atomic E-state index is -1.17. The first kappa shape index (κ1) is 19.5. The average molecular weight is 381 g/mol. The Bertz CT molecular complexity index is 956. The van der Waals surface area contributed by atoms with Crippen molar-refractivity contribution in [2.45, 2.75) is 19.8 Å². The van der Waals surface area contributed by atoms with E-state index < -0.39 is 17.9 Å². The van der Waals surface area contributed by atoms with Gasteiger partial charge in [-0.2, -0.15) is 0 Å². The average Bonchev–Trinajstić information content (AvgIpc) is 3.08. The summed E-state index contributed by atoms with van der Waals surface area (Å²) in [5, 5.41) is 0.777. The van der Waals surface area contributed by atoms with Crippen molar-refractivity contribution in [3.63, 3.8) is 0 Å². The molecule has 1 aromatic heterocycles. The number of carbonyl (C=O) groups is 2. The number of esters is 2. The highest BCUT2D eigenvalue weighted by Gasteiger charge is 2.36. The molecule has 6 heteroatoms. The van der Waals surface area contributed by atoms with Crippen LogP contribution >= 0.6 is 0 Å². The maximum absolute atomic E-state index is 12.7. The fraction of sp³-hybridized carbons (Fsp3) is 0.273. The molecule has 0 saturated heterocycles. The van der Waals surface area contributed by atoms with E-state index in [9.17, 15) is 9.59 Å². The fourth-order valence-electron chi connectivity index (χ4n) is 3.23. The summed E-state index contributed by atoms with van der Waals surface area (Å²) in [7, 11) is 1.60. The third kappa shape index (κ3) is 3.71. The fourth-order valence-corrected chi connectivity index (χ4v) is 3.23. The molecule has 0 unspecified atom stereocenters. The molecule has 6 nitrogen and oxygen atoms in total. The maximum Gasteiger partial charge on any atom is 0.324 e. The highest BCUT2D eigenvalue weighted by molar-refractivity contribution is 6.07. The van der Waals surface area contributed by atoms with Gasteiger partial charge in [-0.1, -0.05) is 18.2 Å². The minimum absolute atomic E-state index is 0.176. The van der Waals surface area contributed by atoms with Crippen molar-refractivity contribution >= 4 is 22.8 Å². The van der Waals surface area contributed by atoms with E-state index in [2.05, 4.69) is 4.98 Å². The first-order valence-corrected chi connectivity index (χ1v) is 9.19.